The molecule has 12 nitrogen and oxygen atoms in total. The van der Waals surface area contributed by atoms with Crippen LogP contribution in [-0.4, -0.2) is 115 Å². The minimum atomic E-state index is -2.57. The van der Waals surface area contributed by atoms with Crippen molar-refractivity contribution in [3.05, 3.63) is 47.1 Å². The molecule has 1 aromatic rings. The summed E-state index contributed by atoms with van der Waals surface area (Å²) in [6.07, 6.45) is 9.67. The first-order valence-electron chi connectivity index (χ1n) is 14.8. The monoisotopic (exact) mass is 620 g/mol. The fourth-order valence-corrected chi connectivity index (χ4v) is 4.77. The molecule has 240 valence electrons. The van der Waals surface area contributed by atoms with Crippen LogP contribution in [0.1, 0.15) is 45.2 Å². The minimum Gasteiger partial charge on any atom is -0.379 e. The summed E-state index contributed by atoms with van der Waals surface area (Å²) in [4.78, 5) is 22.6. The summed E-state index contributed by atoms with van der Waals surface area (Å²) in [5, 5.41) is 11.0. The van der Waals surface area contributed by atoms with Gasteiger partial charge in [0.25, 0.3) is 0 Å². The number of amides is 1. The van der Waals surface area contributed by atoms with E-state index in [0.29, 0.717) is 90.1 Å². The summed E-state index contributed by atoms with van der Waals surface area (Å²) in [6, 6.07) is -0.412. The molecule has 1 aromatic heterocycles. The van der Waals surface area contributed by atoms with Crippen LogP contribution in [0, 0.1) is 0 Å². The molecule has 1 amide bonds. The van der Waals surface area contributed by atoms with Crippen molar-refractivity contribution < 1.29 is 46.2 Å². The molecular formula is C29H43BF2N6O6+2. The van der Waals surface area contributed by atoms with Gasteiger partial charge in [-0.05, 0) is 12.5 Å². The van der Waals surface area contributed by atoms with Crippen molar-refractivity contribution in [2.45, 2.75) is 58.7 Å². The van der Waals surface area contributed by atoms with E-state index in [1.54, 1.807) is 28.5 Å². The van der Waals surface area contributed by atoms with Crippen molar-refractivity contribution in [1.82, 2.24) is 20.3 Å². The van der Waals surface area contributed by atoms with Gasteiger partial charge in [-0.25, -0.2) is 17.8 Å². The summed E-state index contributed by atoms with van der Waals surface area (Å²) in [5.74, 6) is -0.136. The number of aromatic nitrogens is 3. The summed E-state index contributed by atoms with van der Waals surface area (Å²) in [7, 11) is -2.57. The van der Waals surface area contributed by atoms with E-state index in [4.69, 9.17) is 18.9 Å². The maximum atomic E-state index is 13.6. The van der Waals surface area contributed by atoms with Gasteiger partial charge in [-0.15, -0.1) is 5.10 Å². The molecule has 0 aromatic carbocycles. The Kier molecular flexibility index (Phi) is 15.2. The van der Waals surface area contributed by atoms with Crippen LogP contribution in [0.3, 0.4) is 0 Å². The summed E-state index contributed by atoms with van der Waals surface area (Å²) >= 11 is 0. The number of aldehydes is 1. The van der Waals surface area contributed by atoms with Crippen molar-refractivity contribution in [2.75, 3.05) is 52.9 Å². The van der Waals surface area contributed by atoms with E-state index in [1.165, 1.54) is 0 Å². The van der Waals surface area contributed by atoms with Crippen LogP contribution in [0.25, 0.3) is 0 Å². The number of hydrogen-bond donors (Lipinski definition) is 1. The number of ether oxygens (including phenoxy) is 4. The fraction of sp³-hybridized carbons (Fsp3) is 0.586. The molecule has 0 radical (unpaired) electrons. The minimum absolute atomic E-state index is 0.136. The van der Waals surface area contributed by atoms with Gasteiger partial charge >= 0.3 is 7.40 Å². The van der Waals surface area contributed by atoms with Gasteiger partial charge < -0.3 is 29.1 Å². The molecule has 0 bridgehead atoms. The Hall–Kier alpha value is -3.40. The third kappa shape index (κ3) is 11.6. The topological polar surface area (TPSA) is 120 Å². The van der Waals surface area contributed by atoms with Gasteiger partial charge in [-0.2, -0.15) is 4.58 Å². The number of hydrogen-bond acceptors (Lipinski definition) is 8. The van der Waals surface area contributed by atoms with Crippen LogP contribution in [-0.2, 0) is 41.6 Å². The average Bonchev–Trinajstić information content (AvgIpc) is 3.68. The highest BCUT2D eigenvalue weighted by atomic mass is 19.2. The molecule has 1 unspecified atom stereocenters. The van der Waals surface area contributed by atoms with Gasteiger partial charge in [0, 0.05) is 44.4 Å². The molecule has 2 aliphatic rings. The maximum Gasteiger partial charge on any atom is 0.929 e. The lowest BCUT2D eigenvalue weighted by molar-refractivity contribution is -0.458. The molecule has 44 heavy (non-hydrogen) atoms. The summed E-state index contributed by atoms with van der Waals surface area (Å²) in [5.41, 5.74) is 3.78. The lowest BCUT2D eigenvalue weighted by atomic mass is 10.0. The van der Waals surface area contributed by atoms with Crippen LogP contribution in [0.4, 0.5) is 8.63 Å². The van der Waals surface area contributed by atoms with E-state index in [2.05, 4.69) is 22.3 Å². The quantitative estimate of drug-likeness (QED) is 0.0854. The Bertz CT molecular complexity index is 1250. The van der Waals surface area contributed by atoms with Gasteiger partial charge in [0.2, 0.25) is 5.91 Å². The van der Waals surface area contributed by atoms with Crippen molar-refractivity contribution in [3.8, 4) is 0 Å². The molecule has 0 aliphatic carbocycles. The first-order chi connectivity index (χ1) is 21.3. The van der Waals surface area contributed by atoms with Gasteiger partial charge in [0.15, 0.2) is 23.1 Å². The molecule has 15 heteroatoms. The molecule has 3 heterocycles. The van der Waals surface area contributed by atoms with Crippen LogP contribution < -0.4 is 5.32 Å². The predicted molar refractivity (Wildman–Crippen MR) is 160 cm³/mol. The zero-order valence-electron chi connectivity index (χ0n) is 25.6. The highest BCUT2D eigenvalue weighted by molar-refractivity contribution is 6.34. The van der Waals surface area contributed by atoms with Crippen molar-refractivity contribution in [2.24, 2.45) is 0 Å². The normalized spacial score (nSPS) is 16.3. The first-order valence-corrected chi connectivity index (χ1v) is 14.8. The number of carbonyl (C=O) groups excluding carboxylic acids is 2. The van der Waals surface area contributed by atoms with Crippen molar-refractivity contribution in [1.29, 1.82) is 0 Å². The highest BCUT2D eigenvalue weighted by Gasteiger charge is 2.46. The van der Waals surface area contributed by atoms with Gasteiger partial charge in [-0.3, -0.25) is 4.79 Å². The molecule has 3 rings (SSSR count). The second-order valence-corrected chi connectivity index (χ2v) is 10.3. The third-order valence-electron chi connectivity index (χ3n) is 7.10. The number of nitrogens with zero attached hydrogens (tertiary/aromatic N) is 5. The SMILES string of the molecule is C=[N+]1C(CCC(=O)NCc2cn(CCOCCOCCOCCOCCC=O)nn2)=CC=C1CC1C(C)=CC(C)=[N+]1B(F)F. The molecule has 0 fully saturated rings. The Balaban J connectivity index is 1.22. The molecule has 0 saturated heterocycles. The van der Waals surface area contributed by atoms with E-state index in [0.717, 1.165) is 27.7 Å². The Morgan fingerprint density at radius 1 is 1.05 bits per heavy atom. The van der Waals surface area contributed by atoms with Gasteiger partial charge in [0.05, 0.1) is 78.6 Å². The van der Waals surface area contributed by atoms with Crippen LogP contribution in [0.15, 0.2) is 41.4 Å². The molecule has 0 saturated carbocycles. The number of carbonyl (C=O) groups is 2. The van der Waals surface area contributed by atoms with E-state index in [1.807, 2.05) is 19.1 Å². The first kappa shape index (κ1) is 35.1. The van der Waals surface area contributed by atoms with Crippen LogP contribution >= 0.6 is 0 Å². The zero-order chi connectivity index (χ0) is 31.7. The van der Waals surface area contributed by atoms with Gasteiger partial charge in [0.1, 0.15) is 18.7 Å². The van der Waals surface area contributed by atoms with Crippen molar-refractivity contribution >= 4 is 32.0 Å². The van der Waals surface area contributed by atoms with E-state index >= 15 is 0 Å². The zero-order valence-corrected chi connectivity index (χ0v) is 25.6. The molecular weight excluding hydrogens is 577 g/mol. The van der Waals surface area contributed by atoms with Crippen LogP contribution in [0.5, 0.6) is 0 Å². The number of rotatable bonds is 23. The fourth-order valence-electron chi connectivity index (χ4n) is 4.77. The summed E-state index contributed by atoms with van der Waals surface area (Å²) in [6.45, 7) is 12.0. The molecule has 2 aliphatic heterocycles. The van der Waals surface area contributed by atoms with E-state index in [9.17, 15) is 18.2 Å². The number of halogens is 2. The average molecular weight is 621 g/mol. The smallest absolute Gasteiger partial charge is 0.379 e. The highest BCUT2D eigenvalue weighted by Crippen LogP contribution is 2.28. The lowest BCUT2D eigenvalue weighted by Crippen LogP contribution is -2.35. The number of nitrogens with one attached hydrogen (secondary N) is 1. The summed E-state index contributed by atoms with van der Waals surface area (Å²) < 4.78 is 53.2. The Labute approximate surface area is 257 Å². The van der Waals surface area contributed by atoms with Gasteiger partial charge in [-0.1, -0.05) is 5.21 Å². The standard InChI is InChI=1S/C29H42BF2N6O6/c1-23-19-24(2)38(30(31)32)28(23)20-27-6-5-26(36(27)3)7-8-29(40)33-21-25-22-37(35-34-25)9-12-42-14-16-44-18-17-43-15-13-41-11-4-10-39/h5-6,10,19,22,28H,3-4,7-9,11-18,20-21H2,1-2H3/q+1/p+1. The van der Waals surface area contributed by atoms with Crippen LogP contribution in [0.2, 0.25) is 0 Å². The maximum absolute atomic E-state index is 13.6. The molecule has 1 N–H and O–H groups in total. The predicted octanol–water partition coefficient (Wildman–Crippen LogP) is 1.94. The number of allylic oxidation sites excluding steroid dienone is 4. The largest absolute Gasteiger partial charge is 0.929 e. The second-order valence-electron chi connectivity index (χ2n) is 10.3. The Morgan fingerprint density at radius 2 is 1.68 bits per heavy atom. The molecule has 0 spiro atoms. The Morgan fingerprint density at radius 3 is 2.34 bits per heavy atom. The molecule has 1 atom stereocenters. The van der Waals surface area contributed by atoms with E-state index in [-0.39, 0.29) is 18.9 Å². The van der Waals surface area contributed by atoms with E-state index < -0.39 is 13.4 Å². The second kappa shape index (κ2) is 19.1. The van der Waals surface area contributed by atoms with Crippen molar-refractivity contribution in [3.63, 3.8) is 0 Å². The lowest BCUT2D eigenvalue weighted by Gasteiger charge is -2.11. The third-order valence-corrected chi connectivity index (χ3v) is 7.10.